The third-order valence-corrected chi connectivity index (χ3v) is 2.93. The number of nitrogens with zero attached hydrogens (tertiary/aromatic N) is 2. The van der Waals surface area contributed by atoms with Gasteiger partial charge in [0.1, 0.15) is 11.7 Å². The van der Waals surface area contributed by atoms with Crippen LogP contribution in [0.5, 0.6) is 0 Å². The monoisotopic (exact) mass is 298 g/mol. The number of amides is 1. The Bertz CT molecular complexity index is 687. The second kappa shape index (κ2) is 7.04. The number of methoxy groups -OCH3 is 1. The molecule has 0 fully saturated rings. The van der Waals surface area contributed by atoms with Crippen molar-refractivity contribution in [2.75, 3.05) is 7.11 Å². The summed E-state index contributed by atoms with van der Waals surface area (Å²) in [5.74, 6) is 1.37. The molecule has 0 spiro atoms. The summed E-state index contributed by atoms with van der Waals surface area (Å²) in [6, 6.07) is 2.26. The number of H-pyrrole nitrogens is 1. The van der Waals surface area contributed by atoms with E-state index < -0.39 is 17.9 Å². The molecule has 7 nitrogen and oxygen atoms in total. The Morgan fingerprint density at radius 3 is 2.82 bits per heavy atom. The van der Waals surface area contributed by atoms with Crippen molar-refractivity contribution in [3.63, 3.8) is 0 Å². The standard InChI is InChI=1S/C15H14N4O3/c1-3-10-4-5-12(17-7-10)14(20)19-13(15(21)22-2)6-11-8-16-9-18-11/h1,4-5,7-9,13H,6H2,2H3,(H,16,18)(H,19,20)/t13-/m1/s1. The van der Waals surface area contributed by atoms with Gasteiger partial charge in [-0.15, -0.1) is 6.42 Å². The number of hydrogen-bond donors (Lipinski definition) is 2. The highest BCUT2D eigenvalue weighted by Crippen LogP contribution is 2.04. The summed E-state index contributed by atoms with van der Waals surface area (Å²) < 4.78 is 4.70. The molecule has 2 heterocycles. The summed E-state index contributed by atoms with van der Waals surface area (Å²) in [6.07, 6.45) is 9.94. The van der Waals surface area contributed by atoms with E-state index in [-0.39, 0.29) is 12.1 Å². The van der Waals surface area contributed by atoms with Crippen LogP contribution in [0.2, 0.25) is 0 Å². The highest BCUT2D eigenvalue weighted by Gasteiger charge is 2.23. The number of carbonyl (C=O) groups excluding carboxylic acids is 2. The van der Waals surface area contributed by atoms with Gasteiger partial charge in [-0.05, 0) is 12.1 Å². The maximum Gasteiger partial charge on any atom is 0.328 e. The summed E-state index contributed by atoms with van der Waals surface area (Å²) in [5, 5.41) is 2.58. The lowest BCUT2D eigenvalue weighted by Gasteiger charge is -2.15. The van der Waals surface area contributed by atoms with Gasteiger partial charge in [0.15, 0.2) is 0 Å². The van der Waals surface area contributed by atoms with Crippen LogP contribution in [0.1, 0.15) is 21.7 Å². The van der Waals surface area contributed by atoms with Gasteiger partial charge in [0.2, 0.25) is 0 Å². The number of aromatic nitrogens is 3. The van der Waals surface area contributed by atoms with E-state index in [0.29, 0.717) is 11.3 Å². The summed E-state index contributed by atoms with van der Waals surface area (Å²) in [5.41, 5.74) is 1.43. The van der Waals surface area contributed by atoms with Crippen LogP contribution in [-0.4, -0.2) is 40.0 Å². The minimum atomic E-state index is -0.841. The molecule has 0 saturated carbocycles. The zero-order valence-corrected chi connectivity index (χ0v) is 11.9. The molecule has 1 atom stereocenters. The molecule has 2 rings (SSSR count). The molecule has 0 radical (unpaired) electrons. The number of hydrogen-bond acceptors (Lipinski definition) is 5. The van der Waals surface area contributed by atoms with Gasteiger partial charge in [0, 0.05) is 30.1 Å². The van der Waals surface area contributed by atoms with E-state index in [1.165, 1.54) is 25.7 Å². The number of terminal acetylenes is 1. The third-order valence-electron chi connectivity index (χ3n) is 2.93. The number of pyridine rings is 1. The molecule has 2 aromatic heterocycles. The number of imidazole rings is 1. The van der Waals surface area contributed by atoms with E-state index in [1.54, 1.807) is 12.3 Å². The fraction of sp³-hybridized carbons (Fsp3) is 0.200. The molecule has 0 aliphatic heterocycles. The van der Waals surface area contributed by atoms with Gasteiger partial charge in [0.25, 0.3) is 5.91 Å². The third kappa shape index (κ3) is 3.70. The Morgan fingerprint density at radius 1 is 1.45 bits per heavy atom. The Morgan fingerprint density at radius 2 is 2.27 bits per heavy atom. The van der Waals surface area contributed by atoms with Crippen LogP contribution in [0.4, 0.5) is 0 Å². The van der Waals surface area contributed by atoms with Crippen LogP contribution in [0.15, 0.2) is 30.9 Å². The van der Waals surface area contributed by atoms with Gasteiger partial charge < -0.3 is 15.0 Å². The Balaban J connectivity index is 2.10. The molecule has 7 heteroatoms. The fourth-order valence-electron chi connectivity index (χ4n) is 1.80. The summed E-state index contributed by atoms with van der Waals surface area (Å²) >= 11 is 0. The van der Waals surface area contributed by atoms with Crippen molar-refractivity contribution < 1.29 is 14.3 Å². The fourth-order valence-corrected chi connectivity index (χ4v) is 1.80. The number of ether oxygens (including phenoxy) is 1. The largest absolute Gasteiger partial charge is 0.467 e. The van der Waals surface area contributed by atoms with Crippen molar-refractivity contribution in [1.82, 2.24) is 20.3 Å². The van der Waals surface area contributed by atoms with Crippen molar-refractivity contribution in [3.8, 4) is 12.3 Å². The first-order chi connectivity index (χ1) is 10.6. The zero-order valence-electron chi connectivity index (χ0n) is 11.9. The minimum absolute atomic E-state index is 0.164. The average Bonchev–Trinajstić information content (AvgIpc) is 3.06. The van der Waals surface area contributed by atoms with Crippen LogP contribution >= 0.6 is 0 Å². The summed E-state index contributed by atoms with van der Waals surface area (Å²) in [6.45, 7) is 0. The maximum atomic E-state index is 12.1. The number of aromatic amines is 1. The van der Waals surface area contributed by atoms with Gasteiger partial charge in [-0.2, -0.15) is 0 Å². The molecule has 0 aromatic carbocycles. The molecular formula is C15H14N4O3. The molecule has 2 aromatic rings. The summed E-state index contributed by atoms with van der Waals surface area (Å²) in [7, 11) is 1.26. The number of carbonyl (C=O) groups is 2. The molecule has 112 valence electrons. The maximum absolute atomic E-state index is 12.1. The van der Waals surface area contributed by atoms with Crippen molar-refractivity contribution in [1.29, 1.82) is 0 Å². The van der Waals surface area contributed by atoms with Crippen LogP contribution in [0.3, 0.4) is 0 Å². The molecule has 0 unspecified atom stereocenters. The Kier molecular flexibility index (Phi) is 4.88. The number of rotatable bonds is 5. The number of esters is 1. The molecule has 0 aliphatic rings. The lowest BCUT2D eigenvalue weighted by Crippen LogP contribution is -2.43. The van der Waals surface area contributed by atoms with Crippen molar-refractivity contribution in [2.24, 2.45) is 0 Å². The van der Waals surface area contributed by atoms with E-state index >= 15 is 0 Å². The van der Waals surface area contributed by atoms with Crippen LogP contribution in [0.25, 0.3) is 0 Å². The Labute approximate surface area is 127 Å². The molecule has 2 N–H and O–H groups in total. The molecule has 22 heavy (non-hydrogen) atoms. The summed E-state index contributed by atoms with van der Waals surface area (Å²) in [4.78, 5) is 34.6. The highest BCUT2D eigenvalue weighted by atomic mass is 16.5. The molecule has 0 aliphatic carbocycles. The average molecular weight is 298 g/mol. The normalized spacial score (nSPS) is 11.3. The van der Waals surface area contributed by atoms with E-state index in [2.05, 4.69) is 26.2 Å². The van der Waals surface area contributed by atoms with E-state index in [4.69, 9.17) is 11.2 Å². The minimum Gasteiger partial charge on any atom is -0.467 e. The SMILES string of the molecule is C#Cc1ccc(C(=O)N[C@H](Cc2cnc[nH]2)C(=O)OC)nc1. The quantitative estimate of drug-likeness (QED) is 0.611. The van der Waals surface area contributed by atoms with Crippen LogP contribution < -0.4 is 5.32 Å². The number of nitrogens with one attached hydrogen (secondary N) is 2. The first-order valence-corrected chi connectivity index (χ1v) is 6.42. The first kappa shape index (κ1) is 15.3. The first-order valence-electron chi connectivity index (χ1n) is 6.42. The molecule has 0 saturated heterocycles. The van der Waals surface area contributed by atoms with Crippen molar-refractivity contribution >= 4 is 11.9 Å². The van der Waals surface area contributed by atoms with E-state index in [1.807, 2.05) is 0 Å². The molecule has 0 bridgehead atoms. The second-order valence-electron chi connectivity index (χ2n) is 4.41. The van der Waals surface area contributed by atoms with E-state index in [0.717, 1.165) is 0 Å². The van der Waals surface area contributed by atoms with Gasteiger partial charge in [0.05, 0.1) is 13.4 Å². The zero-order chi connectivity index (χ0) is 15.9. The smallest absolute Gasteiger partial charge is 0.328 e. The van der Waals surface area contributed by atoms with Crippen molar-refractivity contribution in [3.05, 3.63) is 47.8 Å². The molecular weight excluding hydrogens is 284 g/mol. The van der Waals surface area contributed by atoms with Crippen LogP contribution in [0, 0.1) is 12.3 Å². The van der Waals surface area contributed by atoms with Gasteiger partial charge in [-0.1, -0.05) is 5.92 Å². The van der Waals surface area contributed by atoms with Gasteiger partial charge >= 0.3 is 5.97 Å². The van der Waals surface area contributed by atoms with Crippen molar-refractivity contribution in [2.45, 2.75) is 12.5 Å². The van der Waals surface area contributed by atoms with Gasteiger partial charge in [-0.25, -0.2) is 14.8 Å². The Hall–Kier alpha value is -3.14. The lowest BCUT2D eigenvalue weighted by atomic mass is 10.1. The van der Waals surface area contributed by atoms with Gasteiger partial charge in [-0.3, -0.25) is 4.79 Å². The predicted molar refractivity (Wildman–Crippen MR) is 77.7 cm³/mol. The van der Waals surface area contributed by atoms with E-state index in [9.17, 15) is 9.59 Å². The second-order valence-corrected chi connectivity index (χ2v) is 4.41. The molecule has 1 amide bonds. The topological polar surface area (TPSA) is 97.0 Å². The lowest BCUT2D eigenvalue weighted by molar-refractivity contribution is -0.142. The van der Waals surface area contributed by atoms with Crippen LogP contribution in [-0.2, 0) is 16.0 Å². The predicted octanol–water partition coefficient (Wildman–Crippen LogP) is 0.300. The highest BCUT2D eigenvalue weighted by molar-refractivity contribution is 5.95.